The molecule has 0 aromatic heterocycles. The molecule has 0 fully saturated rings. The van der Waals surface area contributed by atoms with Crippen molar-refractivity contribution in [3.63, 3.8) is 0 Å². The SMILES string of the molecule is CC1=NO[C@]2(O)CC(N(C)C)=N[C@@]12C(C)C. The van der Waals surface area contributed by atoms with Crippen molar-refractivity contribution in [1.29, 1.82) is 0 Å². The van der Waals surface area contributed by atoms with Gasteiger partial charge in [0.2, 0.25) is 0 Å². The molecule has 0 amide bonds. The molecule has 2 aliphatic rings. The molecule has 0 radical (unpaired) electrons. The monoisotopic (exact) mass is 225 g/mol. The van der Waals surface area contributed by atoms with E-state index >= 15 is 0 Å². The summed E-state index contributed by atoms with van der Waals surface area (Å²) >= 11 is 0. The molecular weight excluding hydrogens is 206 g/mol. The van der Waals surface area contributed by atoms with Gasteiger partial charge in [-0.05, 0) is 12.8 Å². The van der Waals surface area contributed by atoms with Crippen molar-refractivity contribution < 1.29 is 9.94 Å². The summed E-state index contributed by atoms with van der Waals surface area (Å²) in [5.74, 6) is -0.308. The number of amidine groups is 1. The zero-order valence-corrected chi connectivity index (χ0v) is 10.5. The summed E-state index contributed by atoms with van der Waals surface area (Å²) in [4.78, 5) is 11.8. The van der Waals surface area contributed by atoms with Crippen molar-refractivity contribution in [3.05, 3.63) is 0 Å². The van der Waals surface area contributed by atoms with E-state index in [1.165, 1.54) is 0 Å². The number of rotatable bonds is 1. The maximum absolute atomic E-state index is 10.6. The molecule has 2 atom stereocenters. The molecule has 0 bridgehead atoms. The molecule has 0 saturated carbocycles. The number of aliphatic hydroxyl groups is 1. The second-order valence-corrected chi connectivity index (χ2v) is 5.07. The van der Waals surface area contributed by atoms with Crippen LogP contribution in [0.4, 0.5) is 0 Å². The number of aliphatic imine (C=N–C) groups is 1. The third kappa shape index (κ3) is 1.15. The first-order valence-corrected chi connectivity index (χ1v) is 5.55. The number of hydrogen-bond donors (Lipinski definition) is 1. The van der Waals surface area contributed by atoms with Crippen molar-refractivity contribution in [1.82, 2.24) is 4.90 Å². The van der Waals surface area contributed by atoms with Gasteiger partial charge >= 0.3 is 0 Å². The van der Waals surface area contributed by atoms with Gasteiger partial charge in [0.05, 0.1) is 12.1 Å². The highest BCUT2D eigenvalue weighted by Crippen LogP contribution is 2.47. The van der Waals surface area contributed by atoms with E-state index in [1.54, 1.807) is 0 Å². The number of hydrogen-bond acceptors (Lipinski definition) is 5. The Hall–Kier alpha value is -1.10. The van der Waals surface area contributed by atoms with E-state index in [2.05, 4.69) is 10.1 Å². The third-order valence-electron chi connectivity index (χ3n) is 3.54. The minimum atomic E-state index is -1.30. The summed E-state index contributed by atoms with van der Waals surface area (Å²) < 4.78 is 0. The van der Waals surface area contributed by atoms with Crippen molar-refractivity contribution in [2.45, 2.75) is 38.5 Å². The second-order valence-electron chi connectivity index (χ2n) is 5.07. The number of oxime groups is 1. The van der Waals surface area contributed by atoms with Crippen LogP contribution in [0.25, 0.3) is 0 Å². The third-order valence-corrected chi connectivity index (χ3v) is 3.54. The van der Waals surface area contributed by atoms with Crippen LogP contribution in [0, 0.1) is 5.92 Å². The normalized spacial score (nSPS) is 36.9. The zero-order chi connectivity index (χ0) is 12.1. The highest BCUT2D eigenvalue weighted by molar-refractivity contribution is 6.00. The van der Waals surface area contributed by atoms with Crippen LogP contribution < -0.4 is 0 Å². The van der Waals surface area contributed by atoms with Crippen LogP contribution in [0.2, 0.25) is 0 Å². The predicted octanol–water partition coefficient (Wildman–Crippen LogP) is 0.840. The predicted molar refractivity (Wildman–Crippen MR) is 62.5 cm³/mol. The van der Waals surface area contributed by atoms with Gasteiger partial charge in [-0.15, -0.1) is 0 Å². The quantitative estimate of drug-likeness (QED) is 0.719. The van der Waals surface area contributed by atoms with Crippen molar-refractivity contribution in [2.75, 3.05) is 14.1 Å². The highest BCUT2D eigenvalue weighted by Gasteiger charge is 2.65. The average Bonchev–Trinajstić information content (AvgIpc) is 2.60. The Bertz CT molecular complexity index is 375. The molecule has 2 aliphatic heterocycles. The van der Waals surface area contributed by atoms with Gasteiger partial charge < -0.3 is 14.8 Å². The number of nitrogens with zero attached hydrogens (tertiary/aromatic N) is 3. The molecule has 2 heterocycles. The Labute approximate surface area is 95.8 Å². The molecule has 2 rings (SSSR count). The Kier molecular flexibility index (Phi) is 2.28. The molecule has 16 heavy (non-hydrogen) atoms. The minimum absolute atomic E-state index is 0.140. The lowest BCUT2D eigenvalue weighted by Crippen LogP contribution is -2.55. The Morgan fingerprint density at radius 3 is 2.50 bits per heavy atom. The first-order chi connectivity index (χ1) is 7.33. The Morgan fingerprint density at radius 1 is 1.44 bits per heavy atom. The second kappa shape index (κ2) is 3.20. The van der Waals surface area contributed by atoms with Gasteiger partial charge in [0.25, 0.3) is 5.79 Å². The molecule has 90 valence electrons. The molecule has 0 unspecified atom stereocenters. The van der Waals surface area contributed by atoms with Crippen LogP contribution in [0.3, 0.4) is 0 Å². The Morgan fingerprint density at radius 2 is 2.06 bits per heavy atom. The average molecular weight is 225 g/mol. The minimum Gasteiger partial charge on any atom is -0.366 e. The molecular formula is C11H19N3O2. The molecule has 5 heteroatoms. The van der Waals surface area contributed by atoms with Crippen LogP contribution >= 0.6 is 0 Å². The maximum Gasteiger partial charge on any atom is 0.272 e. The highest BCUT2D eigenvalue weighted by atomic mass is 16.7. The summed E-state index contributed by atoms with van der Waals surface area (Å²) in [6.45, 7) is 5.92. The van der Waals surface area contributed by atoms with E-state index in [-0.39, 0.29) is 5.92 Å². The largest absolute Gasteiger partial charge is 0.366 e. The van der Waals surface area contributed by atoms with Crippen LogP contribution in [0.15, 0.2) is 10.1 Å². The van der Waals surface area contributed by atoms with E-state index in [4.69, 9.17) is 4.84 Å². The molecule has 0 saturated heterocycles. The van der Waals surface area contributed by atoms with Crippen LogP contribution in [-0.4, -0.2) is 47.0 Å². The van der Waals surface area contributed by atoms with Gasteiger partial charge in [-0.25, -0.2) is 0 Å². The van der Waals surface area contributed by atoms with E-state index in [0.29, 0.717) is 6.42 Å². The van der Waals surface area contributed by atoms with Crippen molar-refractivity contribution in [2.24, 2.45) is 16.1 Å². The van der Waals surface area contributed by atoms with E-state index in [9.17, 15) is 5.11 Å². The van der Waals surface area contributed by atoms with Crippen LogP contribution in [0.1, 0.15) is 27.2 Å². The van der Waals surface area contributed by atoms with Crippen molar-refractivity contribution in [3.8, 4) is 0 Å². The molecule has 5 nitrogen and oxygen atoms in total. The molecule has 0 spiro atoms. The van der Waals surface area contributed by atoms with Gasteiger partial charge in [-0.3, -0.25) is 4.99 Å². The molecule has 0 aromatic carbocycles. The fraction of sp³-hybridized carbons (Fsp3) is 0.818. The first kappa shape index (κ1) is 11.4. The van der Waals surface area contributed by atoms with Gasteiger partial charge in [-0.1, -0.05) is 19.0 Å². The van der Waals surface area contributed by atoms with Gasteiger partial charge in [0, 0.05) is 14.1 Å². The lowest BCUT2D eigenvalue weighted by atomic mass is 9.77. The van der Waals surface area contributed by atoms with Gasteiger partial charge in [0.15, 0.2) is 5.54 Å². The fourth-order valence-electron chi connectivity index (χ4n) is 2.61. The Balaban J connectivity index is 2.51. The van der Waals surface area contributed by atoms with Crippen LogP contribution in [-0.2, 0) is 4.84 Å². The summed E-state index contributed by atoms with van der Waals surface area (Å²) in [5.41, 5.74) is 0.0360. The molecule has 0 aromatic rings. The van der Waals surface area contributed by atoms with Gasteiger partial charge in [-0.2, -0.15) is 0 Å². The summed E-state index contributed by atoms with van der Waals surface area (Å²) in [5, 5.41) is 14.5. The lowest BCUT2D eigenvalue weighted by molar-refractivity contribution is -0.209. The zero-order valence-electron chi connectivity index (χ0n) is 10.5. The molecule has 1 N–H and O–H groups in total. The van der Waals surface area contributed by atoms with Crippen molar-refractivity contribution >= 4 is 11.5 Å². The maximum atomic E-state index is 10.6. The number of fused-ring (bicyclic) bond motifs is 1. The summed E-state index contributed by atoms with van der Waals surface area (Å²) in [6.07, 6.45) is 0.388. The van der Waals surface area contributed by atoms with Gasteiger partial charge in [0.1, 0.15) is 5.84 Å². The van der Waals surface area contributed by atoms with E-state index in [0.717, 1.165) is 11.5 Å². The summed E-state index contributed by atoms with van der Waals surface area (Å²) in [7, 11) is 3.84. The van der Waals surface area contributed by atoms with Crippen LogP contribution in [0.5, 0.6) is 0 Å². The topological polar surface area (TPSA) is 57.4 Å². The van der Waals surface area contributed by atoms with E-state index < -0.39 is 11.3 Å². The smallest absolute Gasteiger partial charge is 0.272 e. The molecule has 0 aliphatic carbocycles. The summed E-state index contributed by atoms with van der Waals surface area (Å²) in [6, 6.07) is 0. The van der Waals surface area contributed by atoms with E-state index in [1.807, 2.05) is 39.8 Å². The fourth-order valence-corrected chi connectivity index (χ4v) is 2.61. The first-order valence-electron chi connectivity index (χ1n) is 5.55. The standard InChI is InChI=1S/C11H19N3O2/c1-7(2)11-8(3)13-16-10(11,15)6-9(12-11)14(4)5/h7,15H,6H2,1-5H3/t10-,11+/m1/s1. The lowest BCUT2D eigenvalue weighted by Gasteiger charge is -2.34.